The van der Waals surface area contributed by atoms with Gasteiger partial charge in [0.25, 0.3) is 0 Å². The van der Waals surface area contributed by atoms with Crippen LogP contribution in [0.5, 0.6) is 0 Å². The Hall–Kier alpha value is -2.67. The average molecular weight is 285 g/mol. The molecule has 0 aliphatic rings. The van der Waals surface area contributed by atoms with Crippen molar-refractivity contribution in [1.29, 1.82) is 0 Å². The lowest BCUT2D eigenvalue weighted by atomic mass is 10.1. The fourth-order valence-corrected chi connectivity index (χ4v) is 1.67. The summed E-state index contributed by atoms with van der Waals surface area (Å²) < 4.78 is 25.4. The minimum Gasteiger partial charge on any atom is -0.345 e. The topological polar surface area (TPSA) is 29.1 Å². The Morgan fingerprint density at radius 1 is 0.952 bits per heavy atom. The van der Waals surface area contributed by atoms with E-state index in [-0.39, 0.29) is 30.5 Å². The third-order valence-corrected chi connectivity index (χ3v) is 2.73. The van der Waals surface area contributed by atoms with E-state index in [0.29, 0.717) is 5.56 Å². The van der Waals surface area contributed by atoms with Gasteiger partial charge in [0.15, 0.2) is 0 Å². The van der Waals surface area contributed by atoms with Crippen molar-refractivity contribution in [2.24, 2.45) is 0 Å². The van der Waals surface area contributed by atoms with Crippen molar-refractivity contribution in [3.63, 3.8) is 0 Å². The molecular formula is C17H13F2NO. The molecule has 0 saturated heterocycles. The second-order valence-corrected chi connectivity index (χ2v) is 4.39. The zero-order chi connectivity index (χ0) is 15.1. The van der Waals surface area contributed by atoms with Gasteiger partial charge in [-0.15, -0.1) is 0 Å². The molecule has 106 valence electrons. The molecule has 2 rings (SSSR count). The number of amides is 1. The molecular weight excluding hydrogens is 272 g/mol. The highest BCUT2D eigenvalue weighted by molar-refractivity contribution is 5.78. The van der Waals surface area contributed by atoms with E-state index in [0.717, 1.165) is 5.56 Å². The molecule has 2 nitrogen and oxygen atoms in total. The smallest absolute Gasteiger partial charge is 0.225 e. The fraction of sp³-hybridized carbons (Fsp3) is 0.118. The van der Waals surface area contributed by atoms with Gasteiger partial charge in [-0.2, -0.15) is 0 Å². The first-order valence-corrected chi connectivity index (χ1v) is 6.39. The highest BCUT2D eigenvalue weighted by Gasteiger charge is 2.01. The zero-order valence-corrected chi connectivity index (χ0v) is 11.2. The van der Waals surface area contributed by atoms with E-state index in [9.17, 15) is 13.6 Å². The molecule has 21 heavy (non-hydrogen) atoms. The first-order chi connectivity index (χ1) is 10.1. The summed E-state index contributed by atoms with van der Waals surface area (Å²) in [5.41, 5.74) is 1.42. The summed E-state index contributed by atoms with van der Waals surface area (Å²) in [6.45, 7) is 0.206. The molecule has 0 atom stereocenters. The molecule has 0 aliphatic carbocycles. The minimum absolute atomic E-state index is 0.179. The Bertz CT molecular complexity index is 667. The molecule has 1 amide bonds. The summed E-state index contributed by atoms with van der Waals surface area (Å²) in [5.74, 6) is 4.77. The molecule has 0 radical (unpaired) electrons. The van der Waals surface area contributed by atoms with Crippen molar-refractivity contribution in [2.45, 2.75) is 6.42 Å². The normalized spacial score (nSPS) is 9.62. The van der Waals surface area contributed by atoms with Crippen molar-refractivity contribution < 1.29 is 13.6 Å². The minimum atomic E-state index is -0.329. The lowest BCUT2D eigenvalue weighted by Crippen LogP contribution is -2.25. The maximum atomic E-state index is 12.7. The molecule has 4 heteroatoms. The molecule has 2 aromatic carbocycles. The third kappa shape index (κ3) is 5.07. The molecule has 0 aromatic heterocycles. The van der Waals surface area contributed by atoms with Gasteiger partial charge in [0.2, 0.25) is 5.91 Å². The van der Waals surface area contributed by atoms with Crippen LogP contribution in [0.25, 0.3) is 0 Å². The monoisotopic (exact) mass is 285 g/mol. The van der Waals surface area contributed by atoms with E-state index in [1.165, 1.54) is 24.3 Å². The van der Waals surface area contributed by atoms with Crippen LogP contribution in [-0.4, -0.2) is 12.5 Å². The van der Waals surface area contributed by atoms with Crippen LogP contribution in [-0.2, 0) is 11.2 Å². The van der Waals surface area contributed by atoms with Crippen LogP contribution < -0.4 is 5.32 Å². The van der Waals surface area contributed by atoms with Gasteiger partial charge < -0.3 is 5.32 Å². The molecule has 2 aromatic rings. The van der Waals surface area contributed by atoms with Crippen molar-refractivity contribution in [3.05, 3.63) is 71.3 Å². The van der Waals surface area contributed by atoms with Crippen molar-refractivity contribution in [1.82, 2.24) is 5.32 Å². The molecule has 0 bridgehead atoms. The summed E-state index contributed by atoms with van der Waals surface area (Å²) in [7, 11) is 0. The highest BCUT2D eigenvalue weighted by atomic mass is 19.1. The molecule has 0 fully saturated rings. The number of hydrogen-bond donors (Lipinski definition) is 1. The quantitative estimate of drug-likeness (QED) is 0.863. The van der Waals surface area contributed by atoms with Crippen LogP contribution in [0, 0.1) is 23.5 Å². The van der Waals surface area contributed by atoms with Crippen LogP contribution in [0.1, 0.15) is 11.1 Å². The van der Waals surface area contributed by atoms with Gasteiger partial charge in [0.1, 0.15) is 11.6 Å². The van der Waals surface area contributed by atoms with Crippen LogP contribution in [0.4, 0.5) is 8.78 Å². The third-order valence-electron chi connectivity index (χ3n) is 2.73. The predicted octanol–water partition coefficient (Wildman–Crippen LogP) is 2.68. The summed E-state index contributed by atoms with van der Waals surface area (Å²) in [6, 6.07) is 11.6. The summed E-state index contributed by atoms with van der Waals surface area (Å²) in [6.07, 6.45) is 0.179. The summed E-state index contributed by atoms with van der Waals surface area (Å²) in [5, 5.41) is 2.65. The molecule has 1 N–H and O–H groups in total. The lowest BCUT2D eigenvalue weighted by Gasteiger charge is -2.01. The van der Waals surface area contributed by atoms with E-state index in [1.54, 1.807) is 24.3 Å². The largest absolute Gasteiger partial charge is 0.345 e. The van der Waals surface area contributed by atoms with Gasteiger partial charge in [0, 0.05) is 5.56 Å². The Kier molecular flexibility index (Phi) is 5.05. The number of halogens is 2. The van der Waals surface area contributed by atoms with E-state index in [4.69, 9.17) is 0 Å². The number of benzene rings is 2. The number of carbonyl (C=O) groups excluding carboxylic acids is 1. The number of carbonyl (C=O) groups is 1. The molecule has 0 spiro atoms. The zero-order valence-electron chi connectivity index (χ0n) is 11.2. The van der Waals surface area contributed by atoms with Crippen molar-refractivity contribution >= 4 is 5.91 Å². The van der Waals surface area contributed by atoms with Gasteiger partial charge in [-0.25, -0.2) is 8.78 Å². The first-order valence-electron chi connectivity index (χ1n) is 6.39. The van der Waals surface area contributed by atoms with Gasteiger partial charge in [-0.05, 0) is 42.0 Å². The summed E-state index contributed by atoms with van der Waals surface area (Å²) in [4.78, 5) is 11.6. The van der Waals surface area contributed by atoms with E-state index in [1.807, 2.05) is 0 Å². The molecule has 0 aliphatic heterocycles. The standard InChI is InChI=1S/C17H13F2NO/c18-15-7-3-13(4-8-15)2-1-11-20-17(21)12-14-5-9-16(19)10-6-14/h3-10H,11-12H2,(H,20,21). The maximum Gasteiger partial charge on any atom is 0.225 e. The van der Waals surface area contributed by atoms with E-state index < -0.39 is 0 Å². The second kappa shape index (κ2) is 7.20. The van der Waals surface area contributed by atoms with Crippen LogP contribution in [0.3, 0.4) is 0 Å². The molecule has 0 unspecified atom stereocenters. The van der Waals surface area contributed by atoms with Gasteiger partial charge >= 0.3 is 0 Å². The van der Waals surface area contributed by atoms with Crippen LogP contribution in [0.15, 0.2) is 48.5 Å². The molecule has 0 heterocycles. The van der Waals surface area contributed by atoms with Crippen LogP contribution >= 0.6 is 0 Å². The number of hydrogen-bond acceptors (Lipinski definition) is 1. The van der Waals surface area contributed by atoms with Crippen molar-refractivity contribution in [2.75, 3.05) is 6.54 Å². The second-order valence-electron chi connectivity index (χ2n) is 4.39. The first kappa shape index (κ1) is 14.7. The molecule has 0 saturated carbocycles. The average Bonchev–Trinajstić information content (AvgIpc) is 2.48. The Morgan fingerprint density at radius 2 is 1.52 bits per heavy atom. The Balaban J connectivity index is 1.79. The fourth-order valence-electron chi connectivity index (χ4n) is 1.67. The van der Waals surface area contributed by atoms with E-state index in [2.05, 4.69) is 17.2 Å². The SMILES string of the molecule is O=C(Cc1ccc(F)cc1)NCC#Cc1ccc(F)cc1. The Morgan fingerprint density at radius 3 is 2.14 bits per heavy atom. The maximum absolute atomic E-state index is 12.7. The summed E-state index contributed by atoms with van der Waals surface area (Å²) >= 11 is 0. The van der Waals surface area contributed by atoms with Gasteiger partial charge in [-0.1, -0.05) is 24.0 Å². The lowest BCUT2D eigenvalue weighted by molar-refractivity contribution is -0.120. The van der Waals surface area contributed by atoms with Gasteiger partial charge in [-0.3, -0.25) is 4.79 Å². The van der Waals surface area contributed by atoms with Crippen LogP contribution in [0.2, 0.25) is 0 Å². The number of nitrogens with one attached hydrogen (secondary N) is 1. The highest BCUT2D eigenvalue weighted by Crippen LogP contribution is 2.03. The number of rotatable bonds is 3. The Labute approximate surface area is 121 Å². The van der Waals surface area contributed by atoms with E-state index >= 15 is 0 Å². The van der Waals surface area contributed by atoms with Crippen molar-refractivity contribution in [3.8, 4) is 11.8 Å². The van der Waals surface area contributed by atoms with Gasteiger partial charge in [0.05, 0.1) is 13.0 Å². The predicted molar refractivity (Wildman–Crippen MR) is 76.4 cm³/mol.